The lowest BCUT2D eigenvalue weighted by molar-refractivity contribution is 0.314. The van der Waals surface area contributed by atoms with Crippen molar-refractivity contribution in [3.05, 3.63) is 29.8 Å². The van der Waals surface area contributed by atoms with E-state index in [0.717, 1.165) is 6.54 Å². The minimum absolute atomic E-state index is 0.110. The number of hydrogen-bond acceptors (Lipinski definition) is 3. The molecule has 0 radical (unpaired) electrons. The van der Waals surface area contributed by atoms with E-state index in [9.17, 15) is 0 Å². The summed E-state index contributed by atoms with van der Waals surface area (Å²) in [5.74, 6) is 1.05. The first-order valence-corrected chi connectivity index (χ1v) is 7.36. The quantitative estimate of drug-likeness (QED) is 0.765. The molecular formula is C14H24N2S. The topological polar surface area (TPSA) is 38.0 Å². The average molecular weight is 252 g/mol. The van der Waals surface area contributed by atoms with Crippen molar-refractivity contribution in [2.75, 3.05) is 19.8 Å². The van der Waals surface area contributed by atoms with Gasteiger partial charge in [-0.15, -0.1) is 11.8 Å². The Morgan fingerprint density at radius 2 is 1.82 bits per heavy atom. The van der Waals surface area contributed by atoms with Crippen molar-refractivity contribution in [2.45, 2.75) is 24.8 Å². The molecule has 0 amide bonds. The van der Waals surface area contributed by atoms with E-state index in [2.05, 4.69) is 49.7 Å². The molecule has 1 aromatic rings. The van der Waals surface area contributed by atoms with Crippen LogP contribution in [-0.4, -0.2) is 19.8 Å². The van der Waals surface area contributed by atoms with Gasteiger partial charge in [-0.05, 0) is 49.4 Å². The second-order valence-corrected chi connectivity index (χ2v) is 5.64. The summed E-state index contributed by atoms with van der Waals surface area (Å²) in [7, 11) is 1.99. The molecule has 17 heavy (non-hydrogen) atoms. The fourth-order valence-electron chi connectivity index (χ4n) is 2.09. The monoisotopic (exact) mass is 252 g/mol. The van der Waals surface area contributed by atoms with Gasteiger partial charge in [-0.1, -0.05) is 26.0 Å². The zero-order chi connectivity index (χ0) is 12.8. The van der Waals surface area contributed by atoms with Gasteiger partial charge in [0.15, 0.2) is 0 Å². The van der Waals surface area contributed by atoms with Crippen LogP contribution in [0.25, 0.3) is 0 Å². The summed E-state index contributed by atoms with van der Waals surface area (Å²) < 4.78 is 0. The lowest BCUT2D eigenvalue weighted by Crippen LogP contribution is -2.33. The number of benzene rings is 1. The van der Waals surface area contributed by atoms with Crippen LogP contribution in [0.1, 0.15) is 25.5 Å². The van der Waals surface area contributed by atoms with Crippen molar-refractivity contribution in [1.82, 2.24) is 5.32 Å². The average Bonchev–Trinajstić information content (AvgIpc) is 2.35. The molecular weight excluding hydrogens is 228 g/mol. The van der Waals surface area contributed by atoms with Crippen LogP contribution in [0.3, 0.4) is 0 Å². The molecule has 1 aromatic carbocycles. The first kappa shape index (κ1) is 14.6. The Morgan fingerprint density at radius 3 is 2.24 bits per heavy atom. The van der Waals surface area contributed by atoms with Gasteiger partial charge in [0.25, 0.3) is 0 Å². The van der Waals surface area contributed by atoms with Crippen LogP contribution in [0.2, 0.25) is 0 Å². The van der Waals surface area contributed by atoms with Crippen LogP contribution in [0.15, 0.2) is 29.2 Å². The Bertz CT molecular complexity index is 321. The van der Waals surface area contributed by atoms with Gasteiger partial charge in [0.2, 0.25) is 0 Å². The number of nitrogens with two attached hydrogens (primary N) is 1. The summed E-state index contributed by atoms with van der Waals surface area (Å²) in [5.41, 5.74) is 7.60. The molecule has 0 saturated carbocycles. The Labute approximate surface area is 109 Å². The molecule has 0 fully saturated rings. The highest BCUT2D eigenvalue weighted by Crippen LogP contribution is 2.27. The number of nitrogens with one attached hydrogen (secondary N) is 1. The minimum Gasteiger partial charge on any atom is -0.324 e. The predicted molar refractivity (Wildman–Crippen MR) is 77.4 cm³/mol. The summed E-state index contributed by atoms with van der Waals surface area (Å²) in [4.78, 5) is 1.29. The molecule has 2 nitrogen and oxygen atoms in total. The highest BCUT2D eigenvalue weighted by molar-refractivity contribution is 7.98. The first-order chi connectivity index (χ1) is 8.10. The zero-order valence-electron chi connectivity index (χ0n) is 11.2. The molecule has 0 spiro atoms. The third kappa shape index (κ3) is 4.02. The molecule has 0 aliphatic rings. The number of rotatable bonds is 6. The maximum absolute atomic E-state index is 6.37. The van der Waals surface area contributed by atoms with Crippen molar-refractivity contribution >= 4 is 11.8 Å². The number of hydrogen-bond donors (Lipinski definition) is 2. The molecule has 0 heterocycles. The van der Waals surface area contributed by atoms with Crippen molar-refractivity contribution in [3.63, 3.8) is 0 Å². The highest BCUT2D eigenvalue weighted by Gasteiger charge is 2.21. The lowest BCUT2D eigenvalue weighted by atomic mass is 9.85. The molecule has 0 aromatic heterocycles. The van der Waals surface area contributed by atoms with Crippen molar-refractivity contribution in [2.24, 2.45) is 17.6 Å². The molecule has 0 bridgehead atoms. The maximum atomic E-state index is 6.37. The molecule has 1 rings (SSSR count). The second kappa shape index (κ2) is 7.04. The van der Waals surface area contributed by atoms with Gasteiger partial charge in [0.1, 0.15) is 0 Å². The predicted octanol–water partition coefficient (Wildman–Crippen LogP) is 2.90. The third-order valence-corrected chi connectivity index (χ3v) is 4.00. The highest BCUT2D eigenvalue weighted by atomic mass is 32.2. The first-order valence-electron chi connectivity index (χ1n) is 6.14. The van der Waals surface area contributed by atoms with Crippen LogP contribution in [0.5, 0.6) is 0 Å². The number of thioether (sulfide) groups is 1. The zero-order valence-corrected chi connectivity index (χ0v) is 12.1. The van der Waals surface area contributed by atoms with Gasteiger partial charge < -0.3 is 11.1 Å². The Balaban J connectivity index is 2.81. The molecule has 0 aliphatic carbocycles. The molecule has 3 N–H and O–H groups in total. The summed E-state index contributed by atoms with van der Waals surface area (Å²) in [6.45, 7) is 5.43. The lowest BCUT2D eigenvalue weighted by Gasteiger charge is -2.27. The van der Waals surface area contributed by atoms with E-state index in [1.54, 1.807) is 11.8 Å². The SMILES string of the molecule is CNCC(C(C)C)C(N)c1ccc(SC)cc1. The Hall–Kier alpha value is -0.510. The van der Waals surface area contributed by atoms with E-state index in [4.69, 9.17) is 5.73 Å². The second-order valence-electron chi connectivity index (χ2n) is 4.76. The molecule has 2 unspecified atom stereocenters. The molecule has 3 heteroatoms. The van der Waals surface area contributed by atoms with Gasteiger partial charge in [-0.25, -0.2) is 0 Å². The summed E-state index contributed by atoms with van der Waals surface area (Å²) in [6, 6.07) is 8.72. The van der Waals surface area contributed by atoms with Crippen LogP contribution in [0.4, 0.5) is 0 Å². The smallest absolute Gasteiger partial charge is 0.0338 e. The molecule has 0 aliphatic heterocycles. The molecule has 96 valence electrons. The fourth-order valence-corrected chi connectivity index (χ4v) is 2.49. The molecule has 0 saturated heterocycles. The van der Waals surface area contributed by atoms with Crippen LogP contribution < -0.4 is 11.1 Å². The summed E-state index contributed by atoms with van der Waals surface area (Å²) >= 11 is 1.76. The van der Waals surface area contributed by atoms with E-state index in [-0.39, 0.29) is 6.04 Å². The van der Waals surface area contributed by atoms with Gasteiger partial charge in [-0.3, -0.25) is 0 Å². The van der Waals surface area contributed by atoms with E-state index in [0.29, 0.717) is 11.8 Å². The largest absolute Gasteiger partial charge is 0.324 e. The van der Waals surface area contributed by atoms with Gasteiger partial charge in [-0.2, -0.15) is 0 Å². The Morgan fingerprint density at radius 1 is 1.24 bits per heavy atom. The molecule has 2 atom stereocenters. The minimum atomic E-state index is 0.110. The fraction of sp³-hybridized carbons (Fsp3) is 0.571. The van der Waals surface area contributed by atoms with E-state index >= 15 is 0 Å². The van der Waals surface area contributed by atoms with Crippen LogP contribution in [-0.2, 0) is 0 Å². The van der Waals surface area contributed by atoms with E-state index in [1.807, 2.05) is 7.05 Å². The van der Waals surface area contributed by atoms with Crippen molar-refractivity contribution < 1.29 is 0 Å². The normalized spacial score (nSPS) is 14.9. The van der Waals surface area contributed by atoms with Gasteiger partial charge >= 0.3 is 0 Å². The van der Waals surface area contributed by atoms with Gasteiger partial charge in [0.05, 0.1) is 0 Å². The Kier molecular flexibility index (Phi) is 6.03. The van der Waals surface area contributed by atoms with Crippen LogP contribution in [0, 0.1) is 11.8 Å². The van der Waals surface area contributed by atoms with Crippen LogP contribution >= 0.6 is 11.8 Å². The standard InChI is InChI=1S/C14H24N2S/c1-10(2)13(9-16-3)14(15)11-5-7-12(17-4)8-6-11/h5-8,10,13-14,16H,9,15H2,1-4H3. The third-order valence-electron chi connectivity index (χ3n) is 3.26. The maximum Gasteiger partial charge on any atom is 0.0338 e. The van der Waals surface area contributed by atoms with E-state index < -0.39 is 0 Å². The van der Waals surface area contributed by atoms with Crippen molar-refractivity contribution in [1.29, 1.82) is 0 Å². The van der Waals surface area contributed by atoms with E-state index in [1.165, 1.54) is 10.5 Å². The summed E-state index contributed by atoms with van der Waals surface area (Å²) in [6.07, 6.45) is 2.09. The van der Waals surface area contributed by atoms with Gasteiger partial charge in [0, 0.05) is 10.9 Å². The summed E-state index contributed by atoms with van der Waals surface area (Å²) in [5, 5.41) is 3.24. The van der Waals surface area contributed by atoms with Crippen molar-refractivity contribution in [3.8, 4) is 0 Å².